The Morgan fingerprint density at radius 1 is 1.04 bits per heavy atom. The molecular weight excluding hydrogens is 324 g/mol. The summed E-state index contributed by atoms with van der Waals surface area (Å²) in [6.07, 6.45) is 0. The van der Waals surface area contributed by atoms with Gasteiger partial charge in [0.2, 0.25) is 0 Å². The van der Waals surface area contributed by atoms with Crippen molar-refractivity contribution < 1.29 is 4.52 Å². The second-order valence-electron chi connectivity index (χ2n) is 6.81. The van der Waals surface area contributed by atoms with Gasteiger partial charge in [0.1, 0.15) is 11.6 Å². The van der Waals surface area contributed by atoms with Crippen molar-refractivity contribution in [1.82, 2.24) is 14.7 Å². The van der Waals surface area contributed by atoms with E-state index in [1.807, 2.05) is 34.0 Å². The highest BCUT2D eigenvalue weighted by Gasteiger charge is 2.19. The minimum atomic E-state index is 0.788. The van der Waals surface area contributed by atoms with Gasteiger partial charge in [0.15, 0.2) is 0 Å². The van der Waals surface area contributed by atoms with Gasteiger partial charge >= 0.3 is 0 Å². The summed E-state index contributed by atoms with van der Waals surface area (Å²) in [4.78, 5) is 6.98. The molecule has 0 bridgehead atoms. The molecule has 26 heavy (non-hydrogen) atoms. The van der Waals surface area contributed by atoms with E-state index in [2.05, 4.69) is 58.1 Å². The number of hydrogen-bond acceptors (Lipinski definition) is 4. The molecule has 132 valence electrons. The van der Waals surface area contributed by atoms with E-state index in [1.54, 1.807) is 0 Å². The van der Waals surface area contributed by atoms with Gasteiger partial charge in [-0.2, -0.15) is 0 Å². The van der Waals surface area contributed by atoms with E-state index in [0.717, 1.165) is 39.4 Å². The average Bonchev–Trinajstić information content (AvgIpc) is 3.14. The molecule has 4 rings (SSSR count). The zero-order chi connectivity index (χ0) is 18.4. The smallest absolute Gasteiger partial charge is 0.143 e. The lowest BCUT2D eigenvalue weighted by Gasteiger charge is -2.15. The Kier molecular flexibility index (Phi) is 3.80. The summed E-state index contributed by atoms with van der Waals surface area (Å²) in [5.74, 6) is 1.73. The van der Waals surface area contributed by atoms with Crippen LogP contribution in [0.2, 0.25) is 0 Å². The predicted octanol–water partition coefficient (Wildman–Crippen LogP) is 4.58. The number of aromatic nitrogens is 3. The van der Waals surface area contributed by atoms with E-state index in [4.69, 9.17) is 9.51 Å². The Morgan fingerprint density at radius 2 is 1.77 bits per heavy atom. The fourth-order valence-corrected chi connectivity index (χ4v) is 3.51. The van der Waals surface area contributed by atoms with Crippen LogP contribution < -0.4 is 4.90 Å². The van der Waals surface area contributed by atoms with Crippen LogP contribution in [0, 0.1) is 13.8 Å². The Balaban J connectivity index is 2.03. The molecule has 3 heterocycles. The number of anilines is 1. The number of fused-ring (bicyclic) bond motifs is 1. The number of hydrogen-bond donors (Lipinski definition) is 0. The van der Waals surface area contributed by atoms with Crippen molar-refractivity contribution in [2.24, 2.45) is 7.05 Å². The van der Waals surface area contributed by atoms with Gasteiger partial charge in [-0.25, -0.2) is 4.98 Å². The molecule has 5 nitrogen and oxygen atoms in total. The van der Waals surface area contributed by atoms with Crippen LogP contribution in [0.5, 0.6) is 0 Å². The van der Waals surface area contributed by atoms with Crippen LogP contribution in [0.3, 0.4) is 0 Å². The van der Waals surface area contributed by atoms with E-state index in [-0.39, 0.29) is 0 Å². The van der Waals surface area contributed by atoms with Crippen molar-refractivity contribution >= 4 is 16.7 Å². The average molecular weight is 346 g/mol. The first kappa shape index (κ1) is 16.4. The molecular formula is C21H22N4O. The molecule has 0 aliphatic rings. The molecule has 3 aromatic heterocycles. The largest absolute Gasteiger partial charge is 0.362 e. The standard InChI is InChI=1S/C21H22N4O/c1-13-20(14(2)26-23-13)17-12-19-16(21(22-17)24(3)4)11-18(25(19)5)15-9-7-6-8-10-15/h6-12H,1-5H3. The molecule has 0 atom stereocenters. The summed E-state index contributed by atoms with van der Waals surface area (Å²) in [5, 5.41) is 5.22. The second kappa shape index (κ2) is 6.02. The van der Waals surface area contributed by atoms with E-state index in [1.165, 1.54) is 11.3 Å². The van der Waals surface area contributed by atoms with Crippen LogP contribution in [0.25, 0.3) is 33.4 Å². The Labute approximate surface area is 152 Å². The molecule has 5 heteroatoms. The third kappa shape index (κ3) is 2.47. The topological polar surface area (TPSA) is 47.1 Å². The molecule has 0 unspecified atom stereocenters. The van der Waals surface area contributed by atoms with Crippen molar-refractivity contribution in [3.63, 3.8) is 0 Å². The molecule has 1 aromatic carbocycles. The molecule has 0 saturated heterocycles. The molecule has 0 aliphatic heterocycles. The minimum Gasteiger partial charge on any atom is -0.362 e. The van der Waals surface area contributed by atoms with Gasteiger partial charge < -0.3 is 14.0 Å². The predicted molar refractivity (Wildman–Crippen MR) is 105 cm³/mol. The molecule has 0 fully saturated rings. The first-order valence-corrected chi connectivity index (χ1v) is 8.64. The van der Waals surface area contributed by atoms with Gasteiger partial charge in [-0.3, -0.25) is 0 Å². The first-order chi connectivity index (χ1) is 12.5. The normalized spacial score (nSPS) is 11.3. The highest BCUT2D eigenvalue weighted by atomic mass is 16.5. The summed E-state index contributed by atoms with van der Waals surface area (Å²) >= 11 is 0. The quantitative estimate of drug-likeness (QED) is 0.545. The van der Waals surface area contributed by atoms with Crippen molar-refractivity contribution in [2.45, 2.75) is 13.8 Å². The first-order valence-electron chi connectivity index (χ1n) is 8.64. The SMILES string of the molecule is Cc1noc(C)c1-c1cc2c(cc(-c3ccccc3)n2C)c(N(C)C)n1. The molecule has 0 radical (unpaired) electrons. The van der Waals surface area contributed by atoms with Gasteiger partial charge in [-0.05, 0) is 31.5 Å². The van der Waals surface area contributed by atoms with Gasteiger partial charge in [0.25, 0.3) is 0 Å². The summed E-state index contributed by atoms with van der Waals surface area (Å²) < 4.78 is 7.58. The zero-order valence-electron chi connectivity index (χ0n) is 15.7. The lowest BCUT2D eigenvalue weighted by atomic mass is 10.1. The van der Waals surface area contributed by atoms with Crippen LogP contribution in [0.15, 0.2) is 47.0 Å². The maximum Gasteiger partial charge on any atom is 0.143 e. The third-order valence-electron chi connectivity index (χ3n) is 4.80. The van der Waals surface area contributed by atoms with E-state index >= 15 is 0 Å². The molecule has 4 aromatic rings. The molecule has 0 aliphatic carbocycles. The van der Waals surface area contributed by atoms with Crippen LogP contribution in [-0.4, -0.2) is 28.8 Å². The molecule has 0 spiro atoms. The number of pyridine rings is 1. The van der Waals surface area contributed by atoms with E-state index in [9.17, 15) is 0 Å². The maximum atomic E-state index is 5.36. The van der Waals surface area contributed by atoms with Gasteiger partial charge in [0, 0.05) is 32.2 Å². The van der Waals surface area contributed by atoms with Gasteiger partial charge in [-0.15, -0.1) is 0 Å². The second-order valence-corrected chi connectivity index (χ2v) is 6.81. The summed E-state index contributed by atoms with van der Waals surface area (Å²) in [6.45, 7) is 3.88. The fraction of sp³-hybridized carbons (Fsp3) is 0.238. The van der Waals surface area contributed by atoms with E-state index in [0.29, 0.717) is 0 Å². The Morgan fingerprint density at radius 3 is 2.38 bits per heavy atom. The summed E-state index contributed by atoms with van der Waals surface area (Å²) in [5.41, 5.74) is 6.21. The highest BCUT2D eigenvalue weighted by molar-refractivity contribution is 5.97. The Bertz CT molecular complexity index is 1070. The highest BCUT2D eigenvalue weighted by Crippen LogP contribution is 2.36. The maximum absolute atomic E-state index is 5.36. The number of aryl methyl sites for hydroxylation is 3. The van der Waals surface area contributed by atoms with E-state index < -0.39 is 0 Å². The number of nitrogens with zero attached hydrogens (tertiary/aromatic N) is 4. The lowest BCUT2D eigenvalue weighted by Crippen LogP contribution is -2.11. The van der Waals surface area contributed by atoms with Crippen LogP contribution >= 0.6 is 0 Å². The van der Waals surface area contributed by atoms with Crippen molar-refractivity contribution in [3.8, 4) is 22.5 Å². The van der Waals surface area contributed by atoms with Crippen molar-refractivity contribution in [3.05, 3.63) is 53.9 Å². The summed E-state index contributed by atoms with van der Waals surface area (Å²) in [7, 11) is 6.14. The van der Waals surface area contributed by atoms with Gasteiger partial charge in [0.05, 0.1) is 22.5 Å². The van der Waals surface area contributed by atoms with Crippen LogP contribution in [0.4, 0.5) is 5.82 Å². The van der Waals surface area contributed by atoms with Crippen molar-refractivity contribution in [1.29, 1.82) is 0 Å². The monoisotopic (exact) mass is 346 g/mol. The zero-order valence-corrected chi connectivity index (χ0v) is 15.7. The molecule has 0 saturated carbocycles. The van der Waals surface area contributed by atoms with Crippen LogP contribution in [0.1, 0.15) is 11.5 Å². The number of benzene rings is 1. The Hall–Kier alpha value is -3.08. The van der Waals surface area contributed by atoms with Crippen molar-refractivity contribution in [2.75, 3.05) is 19.0 Å². The molecule has 0 N–H and O–H groups in total. The van der Waals surface area contributed by atoms with Crippen LogP contribution in [-0.2, 0) is 7.05 Å². The lowest BCUT2D eigenvalue weighted by molar-refractivity contribution is 0.393. The summed E-state index contributed by atoms with van der Waals surface area (Å²) in [6, 6.07) is 14.8. The fourth-order valence-electron chi connectivity index (χ4n) is 3.51. The van der Waals surface area contributed by atoms with Gasteiger partial charge in [-0.1, -0.05) is 35.5 Å². The minimum absolute atomic E-state index is 0.788. The number of rotatable bonds is 3. The third-order valence-corrected chi connectivity index (χ3v) is 4.80. The molecule has 0 amide bonds.